The predicted octanol–water partition coefficient (Wildman–Crippen LogP) is 1.85. The number of rotatable bonds is 4. The van der Waals surface area contributed by atoms with Crippen LogP contribution in [-0.2, 0) is 6.54 Å². The molecule has 2 aliphatic rings. The van der Waals surface area contributed by atoms with Crippen LogP contribution in [0.1, 0.15) is 41.6 Å². The van der Waals surface area contributed by atoms with Crippen molar-refractivity contribution in [1.82, 2.24) is 9.80 Å². The summed E-state index contributed by atoms with van der Waals surface area (Å²) in [5, 5.41) is 0. The number of nitrogens with zero attached hydrogens (tertiary/aromatic N) is 2. The highest BCUT2D eigenvalue weighted by Crippen LogP contribution is 2.21. The molecule has 0 spiro atoms. The summed E-state index contributed by atoms with van der Waals surface area (Å²) < 4.78 is 0. The van der Waals surface area contributed by atoms with Crippen LogP contribution in [0.3, 0.4) is 0 Å². The third kappa shape index (κ3) is 3.63. The summed E-state index contributed by atoms with van der Waals surface area (Å²) in [5.74, 6) is -0.353. The highest BCUT2D eigenvalue weighted by molar-refractivity contribution is 5.92. The Morgan fingerprint density at radius 2 is 1.81 bits per heavy atom. The normalized spacial score (nSPS) is 24.3. The van der Waals surface area contributed by atoms with E-state index in [2.05, 4.69) is 9.80 Å². The molecular formula is C17H25N3O. The van der Waals surface area contributed by atoms with Crippen molar-refractivity contribution in [1.29, 1.82) is 0 Å². The fourth-order valence-electron chi connectivity index (χ4n) is 3.61. The van der Waals surface area contributed by atoms with Gasteiger partial charge in [-0.1, -0.05) is 12.1 Å². The van der Waals surface area contributed by atoms with Crippen LogP contribution in [0.25, 0.3) is 0 Å². The average molecular weight is 287 g/mol. The molecular weight excluding hydrogens is 262 g/mol. The summed E-state index contributed by atoms with van der Waals surface area (Å²) >= 11 is 0. The van der Waals surface area contributed by atoms with Gasteiger partial charge in [-0.25, -0.2) is 0 Å². The summed E-state index contributed by atoms with van der Waals surface area (Å²) in [6.07, 6.45) is 5.37. The summed E-state index contributed by atoms with van der Waals surface area (Å²) in [6, 6.07) is 8.46. The number of hydrogen-bond acceptors (Lipinski definition) is 3. The van der Waals surface area contributed by atoms with Gasteiger partial charge in [0.15, 0.2) is 0 Å². The van der Waals surface area contributed by atoms with E-state index in [1.165, 1.54) is 57.4 Å². The quantitative estimate of drug-likeness (QED) is 0.919. The Morgan fingerprint density at radius 3 is 2.48 bits per heavy atom. The highest BCUT2D eigenvalue weighted by Gasteiger charge is 2.26. The number of amides is 1. The molecule has 2 saturated heterocycles. The zero-order valence-electron chi connectivity index (χ0n) is 12.6. The second kappa shape index (κ2) is 6.58. The lowest BCUT2D eigenvalue weighted by atomic mass is 10.0. The largest absolute Gasteiger partial charge is 0.366 e. The molecule has 0 bridgehead atoms. The molecule has 0 unspecified atom stereocenters. The van der Waals surface area contributed by atoms with E-state index in [-0.39, 0.29) is 5.91 Å². The Labute approximate surface area is 126 Å². The summed E-state index contributed by atoms with van der Waals surface area (Å²) in [6.45, 7) is 5.90. The average Bonchev–Trinajstić information content (AvgIpc) is 3.02. The van der Waals surface area contributed by atoms with Crippen molar-refractivity contribution in [3.05, 3.63) is 35.4 Å². The molecule has 1 aromatic carbocycles. The van der Waals surface area contributed by atoms with E-state index in [0.717, 1.165) is 12.6 Å². The van der Waals surface area contributed by atoms with E-state index in [1.54, 1.807) is 0 Å². The van der Waals surface area contributed by atoms with Crippen molar-refractivity contribution in [2.45, 2.75) is 38.3 Å². The zero-order chi connectivity index (χ0) is 14.7. The maximum atomic E-state index is 11.1. The molecule has 4 heteroatoms. The highest BCUT2D eigenvalue weighted by atomic mass is 16.1. The van der Waals surface area contributed by atoms with E-state index in [0.29, 0.717) is 5.56 Å². The van der Waals surface area contributed by atoms with Gasteiger partial charge in [0.1, 0.15) is 0 Å². The van der Waals surface area contributed by atoms with Crippen LogP contribution in [0, 0.1) is 0 Å². The molecule has 1 amide bonds. The molecule has 0 radical (unpaired) electrons. The molecule has 2 aliphatic heterocycles. The number of likely N-dealkylation sites (tertiary alicyclic amines) is 2. The van der Waals surface area contributed by atoms with E-state index in [9.17, 15) is 4.79 Å². The number of nitrogens with two attached hydrogens (primary N) is 1. The minimum atomic E-state index is -0.353. The monoisotopic (exact) mass is 287 g/mol. The maximum absolute atomic E-state index is 11.1. The third-order valence-electron chi connectivity index (χ3n) is 4.78. The minimum absolute atomic E-state index is 0.353. The fraction of sp³-hybridized carbons (Fsp3) is 0.588. The molecule has 21 heavy (non-hydrogen) atoms. The molecule has 3 rings (SSSR count). The van der Waals surface area contributed by atoms with Gasteiger partial charge in [-0.15, -0.1) is 0 Å². The van der Waals surface area contributed by atoms with Gasteiger partial charge in [0.2, 0.25) is 5.91 Å². The number of primary amides is 1. The van der Waals surface area contributed by atoms with Crippen molar-refractivity contribution in [2.24, 2.45) is 5.73 Å². The zero-order valence-corrected chi connectivity index (χ0v) is 12.6. The van der Waals surface area contributed by atoms with E-state index in [4.69, 9.17) is 5.73 Å². The van der Waals surface area contributed by atoms with Crippen molar-refractivity contribution < 1.29 is 4.79 Å². The first kappa shape index (κ1) is 14.5. The maximum Gasteiger partial charge on any atom is 0.248 e. The smallest absolute Gasteiger partial charge is 0.248 e. The Balaban J connectivity index is 1.57. The van der Waals surface area contributed by atoms with E-state index in [1.807, 2.05) is 24.3 Å². The Hall–Kier alpha value is -1.39. The third-order valence-corrected chi connectivity index (χ3v) is 4.78. The van der Waals surface area contributed by atoms with Crippen LogP contribution in [0.2, 0.25) is 0 Å². The summed E-state index contributed by atoms with van der Waals surface area (Å²) in [5.41, 5.74) is 7.14. The first-order valence-electron chi connectivity index (χ1n) is 8.07. The molecule has 2 N–H and O–H groups in total. The van der Waals surface area contributed by atoms with Crippen molar-refractivity contribution in [3.63, 3.8) is 0 Å². The standard InChI is InChI=1S/C17H25N3O/c18-17(21)15-7-5-14(6-8-15)12-19-9-3-4-16(13-19)20-10-1-2-11-20/h5-8,16H,1-4,9-13H2,(H2,18,21)/t16-/m1/s1. The van der Waals surface area contributed by atoms with Crippen molar-refractivity contribution in [3.8, 4) is 0 Å². The molecule has 4 nitrogen and oxygen atoms in total. The fourth-order valence-corrected chi connectivity index (χ4v) is 3.61. The lowest BCUT2D eigenvalue weighted by Crippen LogP contribution is -2.46. The van der Waals surface area contributed by atoms with Gasteiger partial charge < -0.3 is 5.73 Å². The molecule has 1 aromatic rings. The Morgan fingerprint density at radius 1 is 1.10 bits per heavy atom. The van der Waals surface area contributed by atoms with Crippen LogP contribution in [-0.4, -0.2) is 47.9 Å². The molecule has 0 saturated carbocycles. The first-order chi connectivity index (χ1) is 10.2. The number of carbonyl (C=O) groups is 1. The van der Waals surface area contributed by atoms with Gasteiger partial charge in [-0.05, 0) is 63.0 Å². The van der Waals surface area contributed by atoms with E-state index < -0.39 is 0 Å². The number of piperidine rings is 1. The molecule has 114 valence electrons. The van der Waals surface area contributed by atoms with Crippen LogP contribution in [0.15, 0.2) is 24.3 Å². The SMILES string of the molecule is NC(=O)c1ccc(CN2CCC[C@@H](N3CCCC3)C2)cc1. The molecule has 0 aliphatic carbocycles. The number of benzene rings is 1. The topological polar surface area (TPSA) is 49.6 Å². The van der Waals surface area contributed by atoms with Crippen LogP contribution in [0.4, 0.5) is 0 Å². The van der Waals surface area contributed by atoms with Gasteiger partial charge in [-0.2, -0.15) is 0 Å². The minimum Gasteiger partial charge on any atom is -0.366 e. The number of carbonyl (C=O) groups excluding carboxylic acids is 1. The number of hydrogen-bond donors (Lipinski definition) is 1. The first-order valence-corrected chi connectivity index (χ1v) is 8.07. The summed E-state index contributed by atoms with van der Waals surface area (Å²) in [7, 11) is 0. The van der Waals surface area contributed by atoms with E-state index >= 15 is 0 Å². The predicted molar refractivity (Wildman–Crippen MR) is 84.1 cm³/mol. The van der Waals surface area contributed by atoms with Crippen LogP contribution < -0.4 is 5.73 Å². The van der Waals surface area contributed by atoms with Crippen molar-refractivity contribution in [2.75, 3.05) is 26.2 Å². The van der Waals surface area contributed by atoms with Crippen LogP contribution in [0.5, 0.6) is 0 Å². The second-order valence-electron chi connectivity index (χ2n) is 6.34. The molecule has 2 heterocycles. The van der Waals surface area contributed by atoms with Gasteiger partial charge in [0, 0.05) is 24.7 Å². The molecule has 0 aromatic heterocycles. The van der Waals surface area contributed by atoms with Crippen molar-refractivity contribution >= 4 is 5.91 Å². The van der Waals surface area contributed by atoms with Gasteiger partial charge >= 0.3 is 0 Å². The van der Waals surface area contributed by atoms with Gasteiger partial charge in [-0.3, -0.25) is 14.6 Å². The van der Waals surface area contributed by atoms with Crippen LogP contribution >= 0.6 is 0 Å². The molecule has 1 atom stereocenters. The lowest BCUT2D eigenvalue weighted by Gasteiger charge is -2.37. The van der Waals surface area contributed by atoms with Gasteiger partial charge in [0.25, 0.3) is 0 Å². The van der Waals surface area contributed by atoms with Gasteiger partial charge in [0.05, 0.1) is 0 Å². The second-order valence-corrected chi connectivity index (χ2v) is 6.34. The Kier molecular flexibility index (Phi) is 4.56. The molecule has 2 fully saturated rings. The Bertz CT molecular complexity index is 479. The summed E-state index contributed by atoms with van der Waals surface area (Å²) in [4.78, 5) is 16.3. The lowest BCUT2D eigenvalue weighted by molar-refractivity contribution is 0.1000.